The van der Waals surface area contributed by atoms with Crippen molar-refractivity contribution < 1.29 is 9.53 Å². The van der Waals surface area contributed by atoms with Gasteiger partial charge in [0.1, 0.15) is 18.3 Å². The molecule has 0 unspecified atom stereocenters. The Morgan fingerprint density at radius 3 is 2.75 bits per heavy atom. The molecule has 0 aliphatic carbocycles. The molecule has 0 aliphatic rings. The van der Waals surface area contributed by atoms with E-state index < -0.39 is 0 Å². The molecule has 0 fully saturated rings. The number of nitrogen functional groups attached to an aromatic ring is 1. The Hall–Kier alpha value is -3.42. The standard InChI is InChI=1S/C16H16N6O2/c1-2-24-16(23)11-3-5-12(6-4-11)21-14-13(17)15(20-9-19-14)22-8-7-18-10-22/h3-10H,2,17H2,1H3,(H,19,20,21). The molecule has 0 bridgehead atoms. The molecule has 1 aromatic carbocycles. The maximum Gasteiger partial charge on any atom is 0.338 e. The maximum absolute atomic E-state index is 11.7. The molecular formula is C16H16N6O2. The molecule has 8 heteroatoms. The summed E-state index contributed by atoms with van der Waals surface area (Å²) >= 11 is 0. The van der Waals surface area contributed by atoms with Gasteiger partial charge in [0.05, 0.1) is 12.2 Å². The molecule has 3 N–H and O–H groups in total. The zero-order chi connectivity index (χ0) is 16.9. The topological polar surface area (TPSA) is 108 Å². The minimum absolute atomic E-state index is 0.341. The van der Waals surface area contributed by atoms with Gasteiger partial charge in [-0.05, 0) is 31.2 Å². The SMILES string of the molecule is CCOC(=O)c1ccc(Nc2ncnc(-n3ccnc3)c2N)cc1. The molecule has 3 aromatic rings. The van der Waals surface area contributed by atoms with E-state index in [1.165, 1.54) is 6.33 Å². The summed E-state index contributed by atoms with van der Waals surface area (Å²) in [5.74, 6) is 0.652. The normalized spacial score (nSPS) is 10.4. The third-order valence-electron chi connectivity index (χ3n) is 3.27. The second-order valence-corrected chi connectivity index (χ2v) is 4.85. The lowest BCUT2D eigenvalue weighted by molar-refractivity contribution is 0.0526. The fraction of sp³-hybridized carbons (Fsp3) is 0.125. The van der Waals surface area contributed by atoms with E-state index in [0.29, 0.717) is 29.5 Å². The molecule has 0 atom stereocenters. The van der Waals surface area contributed by atoms with E-state index in [2.05, 4.69) is 20.3 Å². The largest absolute Gasteiger partial charge is 0.462 e. The quantitative estimate of drug-likeness (QED) is 0.692. The van der Waals surface area contributed by atoms with Crippen molar-refractivity contribution in [2.75, 3.05) is 17.7 Å². The van der Waals surface area contributed by atoms with Crippen molar-refractivity contribution in [3.8, 4) is 5.82 Å². The van der Waals surface area contributed by atoms with E-state index in [9.17, 15) is 4.79 Å². The predicted molar refractivity (Wildman–Crippen MR) is 89.2 cm³/mol. The smallest absolute Gasteiger partial charge is 0.338 e. The molecule has 2 heterocycles. The van der Waals surface area contributed by atoms with Crippen molar-refractivity contribution in [2.45, 2.75) is 6.92 Å². The molecule has 122 valence electrons. The van der Waals surface area contributed by atoms with Crippen LogP contribution in [-0.4, -0.2) is 32.1 Å². The van der Waals surface area contributed by atoms with Crippen LogP contribution in [-0.2, 0) is 4.74 Å². The molecule has 0 radical (unpaired) electrons. The Balaban J connectivity index is 1.82. The summed E-state index contributed by atoms with van der Waals surface area (Å²) in [6, 6.07) is 6.86. The van der Waals surface area contributed by atoms with E-state index >= 15 is 0 Å². The molecular weight excluding hydrogens is 308 g/mol. The third kappa shape index (κ3) is 3.17. The maximum atomic E-state index is 11.7. The number of hydrogen-bond acceptors (Lipinski definition) is 7. The highest BCUT2D eigenvalue weighted by atomic mass is 16.5. The summed E-state index contributed by atoms with van der Waals surface area (Å²) in [5, 5.41) is 3.11. The number of ether oxygens (including phenoxy) is 1. The van der Waals surface area contributed by atoms with Crippen LogP contribution in [0.3, 0.4) is 0 Å². The van der Waals surface area contributed by atoms with Crippen molar-refractivity contribution in [3.63, 3.8) is 0 Å². The Bertz CT molecular complexity index is 830. The van der Waals surface area contributed by atoms with Crippen molar-refractivity contribution in [2.24, 2.45) is 0 Å². The van der Waals surface area contributed by atoms with E-state index in [1.54, 1.807) is 54.5 Å². The number of carbonyl (C=O) groups is 1. The van der Waals surface area contributed by atoms with Gasteiger partial charge in [-0.15, -0.1) is 0 Å². The van der Waals surface area contributed by atoms with Crippen LogP contribution in [0, 0.1) is 0 Å². The van der Waals surface area contributed by atoms with Crippen LogP contribution in [0.5, 0.6) is 0 Å². The van der Waals surface area contributed by atoms with Gasteiger partial charge in [0.25, 0.3) is 0 Å². The molecule has 0 saturated heterocycles. The molecule has 8 nitrogen and oxygen atoms in total. The van der Waals surface area contributed by atoms with Crippen LogP contribution in [0.4, 0.5) is 17.2 Å². The number of esters is 1. The number of rotatable bonds is 5. The van der Waals surface area contributed by atoms with Gasteiger partial charge in [0, 0.05) is 18.1 Å². The lowest BCUT2D eigenvalue weighted by Gasteiger charge is -2.11. The van der Waals surface area contributed by atoms with Crippen molar-refractivity contribution in [1.29, 1.82) is 0 Å². The summed E-state index contributed by atoms with van der Waals surface area (Å²) in [4.78, 5) is 24.0. The highest BCUT2D eigenvalue weighted by Gasteiger charge is 2.11. The van der Waals surface area contributed by atoms with Gasteiger partial charge >= 0.3 is 5.97 Å². The number of imidazole rings is 1. The van der Waals surface area contributed by atoms with Crippen molar-refractivity contribution in [1.82, 2.24) is 19.5 Å². The summed E-state index contributed by atoms with van der Waals surface area (Å²) < 4.78 is 6.65. The zero-order valence-corrected chi connectivity index (χ0v) is 13.0. The Morgan fingerprint density at radius 1 is 1.29 bits per heavy atom. The van der Waals surface area contributed by atoms with Crippen LogP contribution >= 0.6 is 0 Å². The number of benzene rings is 1. The first kappa shape index (κ1) is 15.5. The molecule has 24 heavy (non-hydrogen) atoms. The van der Waals surface area contributed by atoms with Gasteiger partial charge in [-0.3, -0.25) is 4.57 Å². The Kier molecular flexibility index (Phi) is 4.37. The molecule has 0 aliphatic heterocycles. The van der Waals surface area contributed by atoms with Crippen LogP contribution in [0.25, 0.3) is 5.82 Å². The Labute approximate surface area is 138 Å². The van der Waals surface area contributed by atoms with Crippen LogP contribution in [0.15, 0.2) is 49.3 Å². The first-order valence-electron chi connectivity index (χ1n) is 7.32. The van der Waals surface area contributed by atoms with Crippen molar-refractivity contribution >= 4 is 23.2 Å². The van der Waals surface area contributed by atoms with E-state index in [-0.39, 0.29) is 5.97 Å². The monoisotopic (exact) mass is 324 g/mol. The second-order valence-electron chi connectivity index (χ2n) is 4.85. The number of nitrogens with two attached hydrogens (primary N) is 1. The summed E-state index contributed by atoms with van der Waals surface area (Å²) in [5.41, 5.74) is 7.75. The number of aromatic nitrogens is 4. The van der Waals surface area contributed by atoms with Crippen LogP contribution < -0.4 is 11.1 Å². The van der Waals surface area contributed by atoms with Gasteiger partial charge < -0.3 is 15.8 Å². The minimum Gasteiger partial charge on any atom is -0.462 e. The molecule has 0 saturated carbocycles. The Morgan fingerprint density at radius 2 is 2.08 bits per heavy atom. The first-order chi connectivity index (χ1) is 11.7. The molecule has 0 amide bonds. The third-order valence-corrected chi connectivity index (χ3v) is 3.27. The highest BCUT2D eigenvalue weighted by Crippen LogP contribution is 2.24. The zero-order valence-electron chi connectivity index (χ0n) is 13.0. The van der Waals surface area contributed by atoms with E-state index in [0.717, 1.165) is 5.69 Å². The average molecular weight is 324 g/mol. The van der Waals surface area contributed by atoms with Gasteiger partial charge in [0.15, 0.2) is 11.6 Å². The molecule has 0 spiro atoms. The fourth-order valence-electron chi connectivity index (χ4n) is 2.12. The average Bonchev–Trinajstić information content (AvgIpc) is 3.12. The number of carbonyl (C=O) groups excluding carboxylic acids is 1. The molecule has 2 aromatic heterocycles. The lowest BCUT2D eigenvalue weighted by atomic mass is 10.2. The molecule has 3 rings (SSSR count). The van der Waals surface area contributed by atoms with E-state index in [4.69, 9.17) is 10.5 Å². The number of nitrogens with zero attached hydrogens (tertiary/aromatic N) is 4. The van der Waals surface area contributed by atoms with Gasteiger partial charge in [-0.2, -0.15) is 0 Å². The summed E-state index contributed by atoms with van der Waals surface area (Å²) in [6.45, 7) is 2.11. The predicted octanol–water partition coefficient (Wildman–Crippen LogP) is 2.16. The first-order valence-corrected chi connectivity index (χ1v) is 7.32. The van der Waals surface area contributed by atoms with Crippen LogP contribution in [0.2, 0.25) is 0 Å². The summed E-state index contributed by atoms with van der Waals surface area (Å²) in [7, 11) is 0. The lowest BCUT2D eigenvalue weighted by Crippen LogP contribution is -2.07. The number of anilines is 3. The second kappa shape index (κ2) is 6.78. The highest BCUT2D eigenvalue weighted by molar-refractivity contribution is 5.90. The summed E-state index contributed by atoms with van der Waals surface area (Å²) in [6.07, 6.45) is 6.41. The van der Waals surface area contributed by atoms with E-state index in [1.807, 2.05) is 0 Å². The van der Waals surface area contributed by atoms with Gasteiger partial charge in [-0.25, -0.2) is 19.7 Å². The number of hydrogen-bond donors (Lipinski definition) is 2. The van der Waals surface area contributed by atoms with Crippen LogP contribution in [0.1, 0.15) is 17.3 Å². The van der Waals surface area contributed by atoms with Gasteiger partial charge in [-0.1, -0.05) is 0 Å². The fourth-order valence-corrected chi connectivity index (χ4v) is 2.12. The van der Waals surface area contributed by atoms with Crippen molar-refractivity contribution in [3.05, 3.63) is 54.9 Å². The number of nitrogens with one attached hydrogen (secondary N) is 1. The van der Waals surface area contributed by atoms with Gasteiger partial charge in [0.2, 0.25) is 0 Å². The minimum atomic E-state index is -0.354.